The first-order chi connectivity index (χ1) is 11.5. The van der Waals surface area contributed by atoms with Crippen molar-refractivity contribution in [1.29, 1.82) is 0 Å². The molecule has 0 spiro atoms. The quantitative estimate of drug-likeness (QED) is 0.193. The molecular weight excluding hydrogens is 340 g/mol. The Hall–Kier alpha value is -1.28. The van der Waals surface area contributed by atoms with E-state index in [2.05, 4.69) is 31.7 Å². The maximum absolute atomic E-state index is 4.97. The van der Waals surface area contributed by atoms with Gasteiger partial charge in [-0.2, -0.15) is 10.2 Å². The van der Waals surface area contributed by atoms with Gasteiger partial charge in [-0.15, -0.1) is 0 Å². The average Bonchev–Trinajstić information content (AvgIpc) is 2.59. The Kier molecular flexibility index (Phi) is 14.4. The molecule has 0 amide bonds. The van der Waals surface area contributed by atoms with Crippen LogP contribution in [0.1, 0.15) is 65.2 Å². The molecule has 0 aliphatic rings. The van der Waals surface area contributed by atoms with E-state index in [0.29, 0.717) is 10.2 Å². The van der Waals surface area contributed by atoms with Gasteiger partial charge in [0.15, 0.2) is 10.2 Å². The Morgan fingerprint density at radius 3 is 1.33 bits per heavy atom. The number of unbranched alkanes of at least 4 members (excludes halogenated alkanes) is 5. The molecule has 0 saturated carbocycles. The lowest BCUT2D eigenvalue weighted by Crippen LogP contribution is -2.29. The second-order valence-corrected chi connectivity index (χ2v) is 6.51. The van der Waals surface area contributed by atoms with Crippen molar-refractivity contribution < 1.29 is 0 Å². The number of hydrogen-bond acceptors (Lipinski definition) is 4. The molecular formula is C16H32N6S2. The van der Waals surface area contributed by atoms with E-state index in [4.69, 9.17) is 24.4 Å². The van der Waals surface area contributed by atoms with Gasteiger partial charge in [0.25, 0.3) is 0 Å². The van der Waals surface area contributed by atoms with Crippen LogP contribution in [0.2, 0.25) is 0 Å². The highest BCUT2D eigenvalue weighted by Crippen LogP contribution is 2.09. The van der Waals surface area contributed by atoms with Gasteiger partial charge in [-0.1, -0.05) is 25.7 Å². The first-order valence-corrected chi connectivity index (χ1v) is 9.33. The summed E-state index contributed by atoms with van der Waals surface area (Å²) in [6.07, 6.45) is 9.42. The summed E-state index contributed by atoms with van der Waals surface area (Å²) in [5, 5.41) is 15.2. The van der Waals surface area contributed by atoms with Gasteiger partial charge < -0.3 is 10.6 Å². The lowest BCUT2D eigenvalue weighted by Gasteiger charge is -2.05. The van der Waals surface area contributed by atoms with Gasteiger partial charge in [-0.05, 0) is 64.0 Å². The van der Waals surface area contributed by atoms with Crippen LogP contribution < -0.4 is 21.5 Å². The number of nitrogens with one attached hydrogen (secondary N) is 4. The zero-order chi connectivity index (χ0) is 18.2. The highest BCUT2D eigenvalue weighted by atomic mass is 32.1. The van der Waals surface area contributed by atoms with Crippen molar-refractivity contribution in [2.24, 2.45) is 10.2 Å². The summed E-state index contributed by atoms with van der Waals surface area (Å²) in [5.41, 5.74) is 7.80. The van der Waals surface area contributed by atoms with Crippen molar-refractivity contribution in [3.63, 3.8) is 0 Å². The minimum absolute atomic E-state index is 0.552. The SMILES string of the molecule is CNC(=S)N/N=C(\C)CCCCCCCC/C(C)=N/NC(=S)NC. The fourth-order valence-electron chi connectivity index (χ4n) is 1.98. The van der Waals surface area contributed by atoms with Crippen LogP contribution in [-0.2, 0) is 0 Å². The number of rotatable bonds is 11. The van der Waals surface area contributed by atoms with Gasteiger partial charge in [0, 0.05) is 25.5 Å². The van der Waals surface area contributed by atoms with Crippen LogP contribution in [0.4, 0.5) is 0 Å². The molecule has 0 aliphatic carbocycles. The summed E-state index contributed by atoms with van der Waals surface area (Å²) in [7, 11) is 3.56. The van der Waals surface area contributed by atoms with Gasteiger partial charge in [0.1, 0.15) is 0 Å². The molecule has 0 rings (SSSR count). The predicted molar refractivity (Wildman–Crippen MR) is 113 cm³/mol. The third kappa shape index (κ3) is 14.3. The molecule has 0 aliphatic heterocycles. The summed E-state index contributed by atoms with van der Waals surface area (Å²) in [6, 6.07) is 0. The molecule has 0 aromatic carbocycles. The highest BCUT2D eigenvalue weighted by molar-refractivity contribution is 7.80. The maximum atomic E-state index is 4.97. The summed E-state index contributed by atoms with van der Waals surface area (Å²) in [5.74, 6) is 0. The first kappa shape index (κ1) is 22.7. The Balaban J connectivity index is 3.54. The standard InChI is InChI=1S/C16H32N6S2/c1-13(19-21-15(23)17-3)11-9-7-5-6-8-10-12-14(2)20-22-16(24)18-4/h5-12H2,1-4H3,(H2,17,21,23)(H2,18,22,24)/b19-13+,20-14+. The zero-order valence-corrected chi connectivity index (χ0v) is 17.0. The molecule has 4 N–H and O–H groups in total. The van der Waals surface area contributed by atoms with E-state index in [9.17, 15) is 0 Å². The fraction of sp³-hybridized carbons (Fsp3) is 0.750. The van der Waals surface area contributed by atoms with Crippen LogP contribution >= 0.6 is 24.4 Å². The molecule has 6 nitrogen and oxygen atoms in total. The van der Waals surface area contributed by atoms with Gasteiger partial charge >= 0.3 is 0 Å². The third-order valence-corrected chi connectivity index (χ3v) is 4.07. The van der Waals surface area contributed by atoms with Crippen LogP contribution in [0.25, 0.3) is 0 Å². The van der Waals surface area contributed by atoms with Crippen LogP contribution in [0.15, 0.2) is 10.2 Å². The van der Waals surface area contributed by atoms with E-state index in [0.717, 1.165) is 24.3 Å². The molecule has 0 radical (unpaired) electrons. The van der Waals surface area contributed by atoms with E-state index in [1.807, 2.05) is 13.8 Å². The summed E-state index contributed by atoms with van der Waals surface area (Å²) in [4.78, 5) is 0. The molecule has 0 unspecified atom stereocenters. The Labute approximate surface area is 157 Å². The van der Waals surface area contributed by atoms with Crippen LogP contribution in [-0.4, -0.2) is 35.7 Å². The van der Waals surface area contributed by atoms with Gasteiger partial charge in [0.05, 0.1) is 0 Å². The minimum atomic E-state index is 0.552. The second kappa shape index (κ2) is 15.3. The molecule has 0 heterocycles. The molecule has 0 bridgehead atoms. The van der Waals surface area contributed by atoms with E-state index < -0.39 is 0 Å². The Bertz CT molecular complexity index is 394. The lowest BCUT2D eigenvalue weighted by molar-refractivity contribution is 0.606. The number of hydrazone groups is 2. The Morgan fingerprint density at radius 2 is 1.00 bits per heavy atom. The highest BCUT2D eigenvalue weighted by Gasteiger charge is 1.97. The molecule has 0 saturated heterocycles. The first-order valence-electron chi connectivity index (χ1n) is 8.51. The third-order valence-electron chi connectivity index (χ3n) is 3.48. The molecule has 0 atom stereocenters. The minimum Gasteiger partial charge on any atom is -0.364 e. The largest absolute Gasteiger partial charge is 0.364 e. The Morgan fingerprint density at radius 1 is 0.667 bits per heavy atom. The van der Waals surface area contributed by atoms with Gasteiger partial charge in [-0.25, -0.2) is 0 Å². The summed E-state index contributed by atoms with van der Waals surface area (Å²) < 4.78 is 0. The second-order valence-electron chi connectivity index (χ2n) is 5.70. The molecule has 0 aromatic rings. The van der Waals surface area contributed by atoms with E-state index in [1.54, 1.807) is 14.1 Å². The van der Waals surface area contributed by atoms with Crippen molar-refractivity contribution in [1.82, 2.24) is 21.5 Å². The van der Waals surface area contributed by atoms with Gasteiger partial charge in [-0.3, -0.25) is 10.9 Å². The molecule has 24 heavy (non-hydrogen) atoms. The van der Waals surface area contributed by atoms with E-state index in [-0.39, 0.29) is 0 Å². The smallest absolute Gasteiger partial charge is 0.186 e. The topological polar surface area (TPSA) is 72.8 Å². The maximum Gasteiger partial charge on any atom is 0.186 e. The number of hydrogen-bond donors (Lipinski definition) is 4. The van der Waals surface area contributed by atoms with Crippen LogP contribution in [0.3, 0.4) is 0 Å². The fourth-order valence-corrected chi connectivity index (χ4v) is 2.08. The van der Waals surface area contributed by atoms with Crippen molar-refractivity contribution in [3.05, 3.63) is 0 Å². The monoisotopic (exact) mass is 372 g/mol. The average molecular weight is 373 g/mol. The molecule has 0 fully saturated rings. The molecule has 138 valence electrons. The summed E-state index contributed by atoms with van der Waals surface area (Å²) >= 11 is 9.94. The number of thiocarbonyl (C=S) groups is 2. The molecule has 0 aromatic heterocycles. The van der Waals surface area contributed by atoms with E-state index in [1.165, 1.54) is 38.5 Å². The lowest BCUT2D eigenvalue weighted by atomic mass is 10.1. The van der Waals surface area contributed by atoms with Crippen LogP contribution in [0.5, 0.6) is 0 Å². The molecule has 8 heteroatoms. The predicted octanol–water partition coefficient (Wildman–Crippen LogP) is 3.05. The van der Waals surface area contributed by atoms with Crippen molar-refractivity contribution >= 4 is 46.1 Å². The van der Waals surface area contributed by atoms with E-state index >= 15 is 0 Å². The van der Waals surface area contributed by atoms with Crippen molar-refractivity contribution in [2.75, 3.05) is 14.1 Å². The van der Waals surface area contributed by atoms with Crippen molar-refractivity contribution in [2.45, 2.75) is 65.2 Å². The van der Waals surface area contributed by atoms with Crippen LogP contribution in [0, 0.1) is 0 Å². The number of nitrogens with zero attached hydrogens (tertiary/aromatic N) is 2. The zero-order valence-electron chi connectivity index (χ0n) is 15.4. The van der Waals surface area contributed by atoms with Gasteiger partial charge in [0.2, 0.25) is 0 Å². The normalized spacial score (nSPS) is 11.8. The summed E-state index contributed by atoms with van der Waals surface area (Å²) in [6.45, 7) is 4.06. The van der Waals surface area contributed by atoms with Crippen molar-refractivity contribution in [3.8, 4) is 0 Å².